The van der Waals surface area contributed by atoms with Gasteiger partial charge in [0.2, 0.25) is 0 Å². The molecule has 0 amide bonds. The van der Waals surface area contributed by atoms with Gasteiger partial charge in [0.1, 0.15) is 0 Å². The van der Waals surface area contributed by atoms with Crippen LogP contribution in [0.15, 0.2) is 12.1 Å². The van der Waals surface area contributed by atoms with Gasteiger partial charge in [-0.25, -0.2) is 0 Å². The van der Waals surface area contributed by atoms with Crippen LogP contribution in [0.3, 0.4) is 0 Å². The van der Waals surface area contributed by atoms with Gasteiger partial charge >= 0.3 is 0 Å². The maximum absolute atomic E-state index is 3.56. The lowest BCUT2D eigenvalue weighted by molar-refractivity contribution is 0.505. The molecule has 20 heavy (non-hydrogen) atoms. The third kappa shape index (κ3) is 4.34. The van der Waals surface area contributed by atoms with E-state index in [4.69, 9.17) is 0 Å². The van der Waals surface area contributed by atoms with Crippen molar-refractivity contribution in [2.75, 3.05) is 7.05 Å². The molecule has 0 radical (unpaired) electrons. The van der Waals surface area contributed by atoms with Crippen molar-refractivity contribution in [3.05, 3.63) is 34.4 Å². The Labute approximate surface area is 126 Å². The summed E-state index contributed by atoms with van der Waals surface area (Å²) in [5.74, 6) is 0. The van der Waals surface area contributed by atoms with Crippen LogP contribution < -0.4 is 5.32 Å². The molecule has 1 rings (SSSR count). The largest absolute Gasteiger partial charge is 0.313 e. The Hall–Kier alpha value is -0.820. The van der Waals surface area contributed by atoms with E-state index in [2.05, 4.69) is 52.2 Å². The van der Waals surface area contributed by atoms with Crippen LogP contribution in [0.1, 0.15) is 81.7 Å². The monoisotopic (exact) mass is 275 g/mol. The summed E-state index contributed by atoms with van der Waals surface area (Å²) in [5.41, 5.74) is 6.19. The van der Waals surface area contributed by atoms with Gasteiger partial charge in [-0.05, 0) is 55.0 Å². The molecule has 1 atom stereocenters. The second-order valence-electron chi connectivity index (χ2n) is 5.73. The van der Waals surface area contributed by atoms with Gasteiger partial charge in [-0.15, -0.1) is 0 Å². The summed E-state index contributed by atoms with van der Waals surface area (Å²) in [4.78, 5) is 0. The van der Waals surface area contributed by atoms with Crippen molar-refractivity contribution in [2.45, 2.75) is 78.7 Å². The average molecular weight is 275 g/mol. The van der Waals surface area contributed by atoms with E-state index < -0.39 is 0 Å². The smallest absolute Gasteiger partial charge is 0.0322 e. The molecule has 1 aromatic carbocycles. The predicted molar refractivity (Wildman–Crippen MR) is 90.5 cm³/mol. The minimum absolute atomic E-state index is 0.525. The summed E-state index contributed by atoms with van der Waals surface area (Å²) < 4.78 is 0. The van der Waals surface area contributed by atoms with Crippen molar-refractivity contribution in [3.63, 3.8) is 0 Å². The van der Waals surface area contributed by atoms with Gasteiger partial charge in [0, 0.05) is 6.04 Å². The predicted octanol–water partition coefficient (Wildman–Crippen LogP) is 5.21. The summed E-state index contributed by atoms with van der Waals surface area (Å²) in [6.45, 7) is 9.11. The SMILES string of the molecule is CCCCCC(NC)c1c(CC)cc(CC)cc1CC. The molecule has 1 unspecified atom stereocenters. The van der Waals surface area contributed by atoms with Crippen LogP contribution in [0, 0.1) is 0 Å². The maximum atomic E-state index is 3.56. The summed E-state index contributed by atoms with van der Waals surface area (Å²) in [6, 6.07) is 5.38. The molecule has 0 spiro atoms. The van der Waals surface area contributed by atoms with E-state index in [1.807, 2.05) is 0 Å². The molecule has 0 aliphatic heterocycles. The van der Waals surface area contributed by atoms with Gasteiger partial charge in [-0.1, -0.05) is 59.1 Å². The fourth-order valence-electron chi connectivity index (χ4n) is 3.12. The Morgan fingerprint density at radius 3 is 1.90 bits per heavy atom. The lowest BCUT2D eigenvalue weighted by Gasteiger charge is -2.24. The van der Waals surface area contributed by atoms with Crippen molar-refractivity contribution in [3.8, 4) is 0 Å². The summed E-state index contributed by atoms with van der Waals surface area (Å²) >= 11 is 0. The van der Waals surface area contributed by atoms with E-state index in [0.29, 0.717) is 6.04 Å². The summed E-state index contributed by atoms with van der Waals surface area (Å²) in [5, 5.41) is 3.56. The normalized spacial score (nSPS) is 12.7. The Morgan fingerprint density at radius 2 is 1.50 bits per heavy atom. The van der Waals surface area contributed by atoms with Gasteiger partial charge in [0.25, 0.3) is 0 Å². The lowest BCUT2D eigenvalue weighted by atomic mass is 9.87. The Kier molecular flexibility index (Phi) is 7.91. The molecule has 0 heterocycles. The number of benzene rings is 1. The molecule has 0 aliphatic carbocycles. The van der Waals surface area contributed by atoms with Crippen LogP contribution in [-0.4, -0.2) is 7.05 Å². The number of aryl methyl sites for hydroxylation is 3. The quantitative estimate of drug-likeness (QED) is 0.610. The first-order chi connectivity index (χ1) is 9.71. The van der Waals surface area contributed by atoms with E-state index in [1.54, 1.807) is 16.7 Å². The zero-order valence-electron chi connectivity index (χ0n) is 14.2. The highest BCUT2D eigenvalue weighted by molar-refractivity contribution is 5.41. The van der Waals surface area contributed by atoms with Crippen molar-refractivity contribution >= 4 is 0 Å². The molecule has 0 saturated heterocycles. The highest BCUT2D eigenvalue weighted by Gasteiger charge is 2.17. The molecule has 0 fully saturated rings. The number of nitrogens with one attached hydrogen (secondary N) is 1. The third-order valence-electron chi connectivity index (χ3n) is 4.37. The van der Waals surface area contributed by atoms with E-state index in [0.717, 1.165) is 19.3 Å². The van der Waals surface area contributed by atoms with Crippen LogP contribution in [-0.2, 0) is 19.3 Å². The minimum Gasteiger partial charge on any atom is -0.313 e. The Bertz CT molecular complexity index is 370. The fourth-order valence-corrected chi connectivity index (χ4v) is 3.12. The van der Waals surface area contributed by atoms with E-state index >= 15 is 0 Å². The maximum Gasteiger partial charge on any atom is 0.0322 e. The zero-order chi connectivity index (χ0) is 15.0. The average Bonchev–Trinajstić information content (AvgIpc) is 2.50. The molecule has 1 aromatic rings. The zero-order valence-corrected chi connectivity index (χ0v) is 14.2. The first-order valence-corrected chi connectivity index (χ1v) is 8.53. The van der Waals surface area contributed by atoms with Crippen LogP contribution in [0.2, 0.25) is 0 Å². The van der Waals surface area contributed by atoms with Crippen molar-refractivity contribution in [1.29, 1.82) is 0 Å². The molecular formula is C19H33N. The first-order valence-electron chi connectivity index (χ1n) is 8.53. The van der Waals surface area contributed by atoms with Crippen LogP contribution >= 0.6 is 0 Å². The standard InChI is InChI=1S/C19H33N/c1-6-10-11-12-18(20-5)19-16(8-3)13-15(7-2)14-17(19)9-4/h13-14,18,20H,6-12H2,1-5H3. The molecule has 114 valence electrons. The van der Waals surface area contributed by atoms with Gasteiger partial charge < -0.3 is 5.32 Å². The third-order valence-corrected chi connectivity index (χ3v) is 4.37. The fraction of sp³-hybridized carbons (Fsp3) is 0.684. The number of hydrogen-bond acceptors (Lipinski definition) is 1. The molecule has 0 aliphatic rings. The molecule has 0 aromatic heterocycles. The minimum atomic E-state index is 0.525. The second kappa shape index (κ2) is 9.18. The van der Waals surface area contributed by atoms with E-state index in [1.165, 1.54) is 31.2 Å². The number of hydrogen-bond donors (Lipinski definition) is 1. The van der Waals surface area contributed by atoms with Gasteiger partial charge in [-0.2, -0.15) is 0 Å². The molecule has 1 N–H and O–H groups in total. The molecule has 0 saturated carbocycles. The molecular weight excluding hydrogens is 242 g/mol. The summed E-state index contributed by atoms with van der Waals surface area (Å²) in [7, 11) is 2.11. The van der Waals surface area contributed by atoms with Crippen LogP contribution in [0.5, 0.6) is 0 Å². The number of rotatable bonds is 9. The van der Waals surface area contributed by atoms with E-state index in [-0.39, 0.29) is 0 Å². The first kappa shape index (κ1) is 17.2. The lowest BCUT2D eigenvalue weighted by Crippen LogP contribution is -2.20. The Balaban J connectivity index is 3.10. The Morgan fingerprint density at radius 1 is 0.900 bits per heavy atom. The summed E-state index contributed by atoms with van der Waals surface area (Å²) in [6.07, 6.45) is 8.64. The van der Waals surface area contributed by atoms with Crippen molar-refractivity contribution < 1.29 is 0 Å². The van der Waals surface area contributed by atoms with Crippen molar-refractivity contribution in [1.82, 2.24) is 5.32 Å². The van der Waals surface area contributed by atoms with Gasteiger partial charge in [-0.3, -0.25) is 0 Å². The van der Waals surface area contributed by atoms with E-state index in [9.17, 15) is 0 Å². The van der Waals surface area contributed by atoms with Gasteiger partial charge in [0.15, 0.2) is 0 Å². The van der Waals surface area contributed by atoms with Crippen LogP contribution in [0.4, 0.5) is 0 Å². The molecule has 1 heteroatoms. The van der Waals surface area contributed by atoms with Crippen molar-refractivity contribution in [2.24, 2.45) is 0 Å². The topological polar surface area (TPSA) is 12.0 Å². The molecule has 1 nitrogen and oxygen atoms in total. The highest BCUT2D eigenvalue weighted by Crippen LogP contribution is 2.29. The van der Waals surface area contributed by atoms with Gasteiger partial charge in [0.05, 0.1) is 0 Å². The highest BCUT2D eigenvalue weighted by atomic mass is 14.9. The molecule has 0 bridgehead atoms. The number of unbranched alkanes of at least 4 members (excludes halogenated alkanes) is 2. The second-order valence-corrected chi connectivity index (χ2v) is 5.73. The van der Waals surface area contributed by atoms with Crippen LogP contribution in [0.25, 0.3) is 0 Å².